The van der Waals surface area contributed by atoms with E-state index in [1.807, 2.05) is 6.07 Å². The van der Waals surface area contributed by atoms with Gasteiger partial charge in [-0.2, -0.15) is 9.57 Å². The van der Waals surface area contributed by atoms with Crippen molar-refractivity contribution in [3.05, 3.63) is 23.5 Å². The molecule has 7 heteroatoms. The minimum atomic E-state index is -3.62. The van der Waals surface area contributed by atoms with Crippen LogP contribution in [-0.4, -0.2) is 30.8 Å². The highest BCUT2D eigenvalue weighted by Crippen LogP contribution is 2.18. The third-order valence-corrected chi connectivity index (χ3v) is 4.53. The van der Waals surface area contributed by atoms with Crippen LogP contribution < -0.4 is 0 Å². The average Bonchev–Trinajstić information content (AvgIpc) is 2.35. The Balaban J connectivity index is 3.08. The van der Waals surface area contributed by atoms with Crippen LogP contribution in [0.2, 0.25) is 5.15 Å². The summed E-state index contributed by atoms with van der Waals surface area (Å²) in [5.74, 6) is -0.364. The SMILES string of the molecule is CCN(CC(C)C#N)S(=O)(=O)c1ccnc(Cl)c1. The van der Waals surface area contributed by atoms with Crippen molar-refractivity contribution in [1.29, 1.82) is 5.26 Å². The van der Waals surface area contributed by atoms with Crippen LogP contribution in [0.4, 0.5) is 0 Å². The fraction of sp³-hybridized carbons (Fsp3) is 0.455. The maximum atomic E-state index is 12.3. The van der Waals surface area contributed by atoms with E-state index in [1.54, 1.807) is 13.8 Å². The number of aromatic nitrogens is 1. The van der Waals surface area contributed by atoms with Gasteiger partial charge >= 0.3 is 0 Å². The third-order valence-electron chi connectivity index (χ3n) is 2.39. The van der Waals surface area contributed by atoms with Crippen molar-refractivity contribution in [3.63, 3.8) is 0 Å². The number of sulfonamides is 1. The molecule has 98 valence electrons. The van der Waals surface area contributed by atoms with Gasteiger partial charge in [0.2, 0.25) is 10.0 Å². The lowest BCUT2D eigenvalue weighted by molar-refractivity contribution is 0.400. The molecule has 0 radical (unpaired) electrons. The monoisotopic (exact) mass is 287 g/mol. The molecule has 1 rings (SSSR count). The highest BCUT2D eigenvalue weighted by Gasteiger charge is 2.24. The van der Waals surface area contributed by atoms with Gasteiger partial charge in [-0.1, -0.05) is 18.5 Å². The van der Waals surface area contributed by atoms with Crippen molar-refractivity contribution in [3.8, 4) is 6.07 Å². The number of nitriles is 1. The molecule has 1 unspecified atom stereocenters. The third kappa shape index (κ3) is 3.42. The standard InChI is InChI=1S/C11H14ClN3O2S/c1-3-15(8-9(2)7-13)18(16,17)10-4-5-14-11(12)6-10/h4-6,9H,3,8H2,1-2H3. The Hall–Kier alpha value is -1.16. The Morgan fingerprint density at radius 1 is 1.61 bits per heavy atom. The first-order chi connectivity index (χ1) is 8.41. The molecule has 0 aromatic carbocycles. The van der Waals surface area contributed by atoms with E-state index < -0.39 is 10.0 Å². The summed E-state index contributed by atoms with van der Waals surface area (Å²) in [7, 11) is -3.62. The van der Waals surface area contributed by atoms with Gasteiger partial charge in [-0.15, -0.1) is 0 Å². The number of hydrogen-bond donors (Lipinski definition) is 0. The van der Waals surface area contributed by atoms with Crippen molar-refractivity contribution in [2.24, 2.45) is 5.92 Å². The van der Waals surface area contributed by atoms with E-state index in [0.717, 1.165) is 0 Å². The van der Waals surface area contributed by atoms with Gasteiger partial charge in [0.05, 0.1) is 16.9 Å². The highest BCUT2D eigenvalue weighted by atomic mass is 35.5. The van der Waals surface area contributed by atoms with Crippen molar-refractivity contribution >= 4 is 21.6 Å². The number of pyridine rings is 1. The van der Waals surface area contributed by atoms with E-state index in [1.165, 1.54) is 22.6 Å². The second-order valence-electron chi connectivity index (χ2n) is 3.80. The molecule has 0 spiro atoms. The van der Waals surface area contributed by atoms with Gasteiger partial charge in [-0.25, -0.2) is 13.4 Å². The second-order valence-corrected chi connectivity index (χ2v) is 6.13. The van der Waals surface area contributed by atoms with Gasteiger partial charge in [0, 0.05) is 19.3 Å². The zero-order chi connectivity index (χ0) is 13.8. The van der Waals surface area contributed by atoms with Gasteiger partial charge in [-0.3, -0.25) is 0 Å². The second kappa shape index (κ2) is 6.14. The number of nitrogens with zero attached hydrogens (tertiary/aromatic N) is 3. The summed E-state index contributed by atoms with van der Waals surface area (Å²) in [5.41, 5.74) is 0. The molecule has 5 nitrogen and oxygen atoms in total. The van der Waals surface area contributed by atoms with Gasteiger partial charge in [0.1, 0.15) is 5.15 Å². The first kappa shape index (κ1) is 14.9. The van der Waals surface area contributed by atoms with Crippen LogP contribution in [0.1, 0.15) is 13.8 Å². The van der Waals surface area contributed by atoms with Crippen LogP contribution >= 0.6 is 11.6 Å². The fourth-order valence-electron chi connectivity index (χ4n) is 1.44. The van der Waals surface area contributed by atoms with Crippen molar-refractivity contribution in [1.82, 2.24) is 9.29 Å². The maximum Gasteiger partial charge on any atom is 0.243 e. The van der Waals surface area contributed by atoms with E-state index >= 15 is 0 Å². The largest absolute Gasteiger partial charge is 0.244 e. The molecule has 1 heterocycles. The van der Waals surface area contributed by atoms with Gasteiger partial charge in [0.25, 0.3) is 0 Å². The average molecular weight is 288 g/mol. The Morgan fingerprint density at radius 3 is 2.78 bits per heavy atom. The van der Waals surface area contributed by atoms with Crippen molar-refractivity contribution in [2.45, 2.75) is 18.7 Å². The van der Waals surface area contributed by atoms with Crippen LogP contribution in [0.3, 0.4) is 0 Å². The molecule has 0 bridgehead atoms. The van der Waals surface area contributed by atoms with Crippen LogP contribution in [0.5, 0.6) is 0 Å². The van der Waals surface area contributed by atoms with Crippen LogP contribution in [0.15, 0.2) is 23.2 Å². The molecule has 0 aliphatic carbocycles. The minimum absolute atomic E-state index is 0.0921. The summed E-state index contributed by atoms with van der Waals surface area (Å²) in [6.45, 7) is 3.87. The first-order valence-electron chi connectivity index (χ1n) is 5.43. The number of hydrogen-bond acceptors (Lipinski definition) is 4. The first-order valence-corrected chi connectivity index (χ1v) is 7.25. The van der Waals surface area contributed by atoms with E-state index in [9.17, 15) is 8.42 Å². The van der Waals surface area contributed by atoms with Crippen molar-refractivity contribution < 1.29 is 8.42 Å². The normalized spacial score (nSPS) is 13.3. The molecule has 1 aromatic heterocycles. The quantitative estimate of drug-likeness (QED) is 0.775. The molecule has 18 heavy (non-hydrogen) atoms. The molecule has 0 saturated heterocycles. The Kier molecular flexibility index (Phi) is 5.08. The number of halogens is 1. The smallest absolute Gasteiger partial charge is 0.243 e. The summed E-state index contributed by atoms with van der Waals surface area (Å²) in [5, 5.41) is 8.88. The lowest BCUT2D eigenvalue weighted by Crippen LogP contribution is -2.34. The molecule has 0 aliphatic heterocycles. The predicted octanol–water partition coefficient (Wildman–Crippen LogP) is 1.91. The summed E-state index contributed by atoms with van der Waals surface area (Å²) in [6.07, 6.45) is 1.34. The van der Waals surface area contributed by atoms with Gasteiger partial charge < -0.3 is 0 Å². The number of rotatable bonds is 5. The van der Waals surface area contributed by atoms with Crippen LogP contribution in [0, 0.1) is 17.2 Å². The van der Waals surface area contributed by atoms with Gasteiger partial charge in [-0.05, 0) is 19.1 Å². The lowest BCUT2D eigenvalue weighted by atomic mass is 10.2. The lowest BCUT2D eigenvalue weighted by Gasteiger charge is -2.21. The van der Waals surface area contributed by atoms with E-state index in [-0.39, 0.29) is 22.5 Å². The Bertz CT molecular complexity index is 554. The van der Waals surface area contributed by atoms with Gasteiger partial charge in [0.15, 0.2) is 0 Å². The summed E-state index contributed by atoms with van der Waals surface area (Å²) in [4.78, 5) is 3.84. The van der Waals surface area contributed by atoms with Crippen molar-refractivity contribution in [2.75, 3.05) is 13.1 Å². The molecule has 0 aliphatic rings. The van der Waals surface area contributed by atoms with Crippen LogP contribution in [-0.2, 0) is 10.0 Å². The minimum Gasteiger partial charge on any atom is -0.244 e. The molecule has 1 atom stereocenters. The summed E-state index contributed by atoms with van der Waals surface area (Å²) < 4.78 is 25.9. The highest BCUT2D eigenvalue weighted by molar-refractivity contribution is 7.89. The zero-order valence-corrected chi connectivity index (χ0v) is 11.7. The molecular weight excluding hydrogens is 274 g/mol. The van der Waals surface area contributed by atoms with E-state index in [4.69, 9.17) is 16.9 Å². The fourth-order valence-corrected chi connectivity index (χ4v) is 3.23. The Morgan fingerprint density at radius 2 is 2.28 bits per heavy atom. The molecular formula is C11H14ClN3O2S. The predicted molar refractivity (Wildman–Crippen MR) is 68.5 cm³/mol. The zero-order valence-electron chi connectivity index (χ0n) is 10.2. The summed E-state index contributed by atoms with van der Waals surface area (Å²) >= 11 is 5.69. The summed E-state index contributed by atoms with van der Waals surface area (Å²) in [6, 6.07) is 4.71. The molecule has 0 saturated carbocycles. The van der Waals surface area contributed by atoms with E-state index in [2.05, 4.69) is 4.98 Å². The van der Waals surface area contributed by atoms with Crippen LogP contribution in [0.25, 0.3) is 0 Å². The maximum absolute atomic E-state index is 12.3. The topological polar surface area (TPSA) is 74.1 Å². The van der Waals surface area contributed by atoms with E-state index in [0.29, 0.717) is 6.54 Å². The molecule has 0 N–H and O–H groups in total. The molecule has 0 amide bonds. The molecule has 1 aromatic rings. The Labute approximate surface area is 112 Å². The molecule has 0 fully saturated rings.